The summed E-state index contributed by atoms with van der Waals surface area (Å²) in [7, 11) is 0. The van der Waals surface area contributed by atoms with Crippen LogP contribution in [0.5, 0.6) is 0 Å². The summed E-state index contributed by atoms with van der Waals surface area (Å²) >= 11 is 5.29. The van der Waals surface area contributed by atoms with Crippen molar-refractivity contribution in [2.24, 2.45) is 0 Å². The Morgan fingerprint density at radius 3 is 2.93 bits per heavy atom. The van der Waals surface area contributed by atoms with E-state index >= 15 is 0 Å². The van der Waals surface area contributed by atoms with Crippen molar-refractivity contribution in [2.45, 2.75) is 25.8 Å². The number of likely N-dealkylation sites (N-methyl/N-ethyl adjacent to an activating group) is 1. The van der Waals surface area contributed by atoms with Crippen LogP contribution in [0, 0.1) is 0 Å². The Balaban J connectivity index is 2.49. The van der Waals surface area contributed by atoms with Crippen LogP contribution in [0.2, 0.25) is 0 Å². The third-order valence-corrected chi connectivity index (χ3v) is 3.67. The van der Waals surface area contributed by atoms with Gasteiger partial charge in [0, 0.05) is 10.9 Å². The lowest BCUT2D eigenvalue weighted by Crippen LogP contribution is -2.30. The lowest BCUT2D eigenvalue weighted by Gasteiger charge is -2.14. The molecule has 0 saturated heterocycles. The molecule has 0 spiro atoms. The molecule has 0 aromatic carbocycles. The summed E-state index contributed by atoms with van der Waals surface area (Å²) in [6.45, 7) is 6.94. The number of hydrogen-bond acceptors (Lipinski definition) is 2. The van der Waals surface area contributed by atoms with Gasteiger partial charge in [0.1, 0.15) is 0 Å². The average Bonchev–Trinajstić information content (AvgIpc) is 2.52. The molecule has 0 aliphatic carbocycles. The summed E-state index contributed by atoms with van der Waals surface area (Å²) in [5.74, 6) is 0. The Morgan fingerprint density at radius 1 is 1.64 bits per heavy atom. The van der Waals surface area contributed by atoms with Gasteiger partial charge in [-0.15, -0.1) is 17.9 Å². The monoisotopic (exact) mass is 273 g/mol. The first kappa shape index (κ1) is 12.0. The van der Waals surface area contributed by atoms with E-state index in [0.29, 0.717) is 6.04 Å². The van der Waals surface area contributed by atoms with Gasteiger partial charge in [0.15, 0.2) is 0 Å². The Hall–Kier alpha value is -0.120. The maximum absolute atomic E-state index is 3.78. The number of hydrogen-bond donors (Lipinski definition) is 1. The SMILES string of the molecule is C=CCC(Cc1ccc(Br)s1)NCC. The Morgan fingerprint density at radius 2 is 2.43 bits per heavy atom. The molecular formula is C11H16BrNS. The molecule has 0 fully saturated rings. The number of thiophene rings is 1. The summed E-state index contributed by atoms with van der Waals surface area (Å²) in [4.78, 5) is 1.42. The summed E-state index contributed by atoms with van der Waals surface area (Å²) < 4.78 is 1.21. The minimum absolute atomic E-state index is 0.531. The zero-order chi connectivity index (χ0) is 10.4. The molecule has 1 heterocycles. The molecule has 0 bridgehead atoms. The van der Waals surface area contributed by atoms with Gasteiger partial charge < -0.3 is 5.32 Å². The number of halogens is 1. The predicted octanol–water partition coefficient (Wildman–Crippen LogP) is 3.61. The maximum Gasteiger partial charge on any atom is 0.0701 e. The van der Waals surface area contributed by atoms with Gasteiger partial charge in [-0.25, -0.2) is 0 Å². The van der Waals surface area contributed by atoms with E-state index in [1.807, 2.05) is 17.4 Å². The molecule has 1 N–H and O–H groups in total. The van der Waals surface area contributed by atoms with Crippen molar-refractivity contribution < 1.29 is 0 Å². The van der Waals surface area contributed by atoms with Gasteiger partial charge >= 0.3 is 0 Å². The quantitative estimate of drug-likeness (QED) is 0.781. The molecule has 0 saturated carbocycles. The summed E-state index contributed by atoms with van der Waals surface area (Å²) in [6, 6.07) is 4.82. The zero-order valence-electron chi connectivity index (χ0n) is 8.42. The van der Waals surface area contributed by atoms with Crippen molar-refractivity contribution in [3.05, 3.63) is 33.5 Å². The topological polar surface area (TPSA) is 12.0 Å². The molecule has 1 nitrogen and oxygen atoms in total. The van der Waals surface area contributed by atoms with E-state index in [4.69, 9.17) is 0 Å². The fourth-order valence-electron chi connectivity index (χ4n) is 1.43. The van der Waals surface area contributed by atoms with Crippen LogP contribution < -0.4 is 5.32 Å². The van der Waals surface area contributed by atoms with Crippen LogP contribution in [0.3, 0.4) is 0 Å². The molecule has 78 valence electrons. The fourth-order valence-corrected chi connectivity index (χ4v) is 3.00. The maximum atomic E-state index is 3.78. The molecule has 1 rings (SSSR count). The first-order valence-corrected chi connectivity index (χ1v) is 6.45. The standard InChI is InChI=1S/C11H16BrNS/c1-3-5-9(13-4-2)8-10-6-7-11(12)14-10/h3,6-7,9,13H,1,4-5,8H2,2H3. The van der Waals surface area contributed by atoms with Crippen molar-refractivity contribution in [3.8, 4) is 0 Å². The van der Waals surface area contributed by atoms with Crippen LogP contribution in [-0.2, 0) is 6.42 Å². The highest BCUT2D eigenvalue weighted by atomic mass is 79.9. The smallest absolute Gasteiger partial charge is 0.0701 e. The van der Waals surface area contributed by atoms with Gasteiger partial charge in [0.2, 0.25) is 0 Å². The van der Waals surface area contributed by atoms with Crippen LogP contribution in [0.4, 0.5) is 0 Å². The molecule has 0 aliphatic heterocycles. The van der Waals surface area contributed by atoms with E-state index in [9.17, 15) is 0 Å². The van der Waals surface area contributed by atoms with Crippen LogP contribution in [0.15, 0.2) is 28.6 Å². The second kappa shape index (κ2) is 6.38. The largest absolute Gasteiger partial charge is 0.314 e. The molecule has 1 unspecified atom stereocenters. The van der Waals surface area contributed by atoms with E-state index in [1.54, 1.807) is 0 Å². The van der Waals surface area contributed by atoms with E-state index in [0.717, 1.165) is 19.4 Å². The Bertz CT molecular complexity index is 283. The zero-order valence-corrected chi connectivity index (χ0v) is 10.8. The molecule has 1 atom stereocenters. The molecular weight excluding hydrogens is 258 g/mol. The van der Waals surface area contributed by atoms with Gasteiger partial charge in [0.25, 0.3) is 0 Å². The number of nitrogens with one attached hydrogen (secondary N) is 1. The van der Waals surface area contributed by atoms with Gasteiger partial charge in [0.05, 0.1) is 3.79 Å². The predicted molar refractivity (Wildman–Crippen MR) is 68.0 cm³/mol. The fraction of sp³-hybridized carbons (Fsp3) is 0.455. The summed E-state index contributed by atoms with van der Waals surface area (Å²) in [6.07, 6.45) is 4.11. The summed E-state index contributed by atoms with van der Waals surface area (Å²) in [5, 5.41) is 3.46. The second-order valence-corrected chi connectivity index (χ2v) is 5.74. The van der Waals surface area contributed by atoms with Crippen LogP contribution in [-0.4, -0.2) is 12.6 Å². The molecule has 1 aromatic heterocycles. The molecule has 14 heavy (non-hydrogen) atoms. The Kier molecular flexibility index (Phi) is 5.45. The average molecular weight is 274 g/mol. The van der Waals surface area contributed by atoms with Gasteiger partial charge in [-0.3, -0.25) is 0 Å². The lowest BCUT2D eigenvalue weighted by atomic mass is 10.1. The van der Waals surface area contributed by atoms with Crippen molar-refractivity contribution in [1.82, 2.24) is 5.32 Å². The molecule has 0 aliphatic rings. The molecule has 0 radical (unpaired) electrons. The van der Waals surface area contributed by atoms with Gasteiger partial charge in [-0.05, 0) is 47.4 Å². The van der Waals surface area contributed by atoms with Gasteiger partial charge in [-0.1, -0.05) is 13.0 Å². The van der Waals surface area contributed by atoms with Crippen molar-refractivity contribution in [1.29, 1.82) is 0 Å². The molecule has 3 heteroatoms. The minimum Gasteiger partial charge on any atom is -0.314 e. The molecule has 1 aromatic rings. The van der Waals surface area contributed by atoms with E-state index in [1.165, 1.54) is 8.66 Å². The highest BCUT2D eigenvalue weighted by Gasteiger charge is 2.07. The molecule has 0 amide bonds. The van der Waals surface area contributed by atoms with Crippen LogP contribution >= 0.6 is 27.3 Å². The first-order chi connectivity index (χ1) is 6.76. The van der Waals surface area contributed by atoms with E-state index < -0.39 is 0 Å². The highest BCUT2D eigenvalue weighted by Crippen LogP contribution is 2.23. The Labute approximate surface area is 98.4 Å². The number of rotatable bonds is 6. The van der Waals surface area contributed by atoms with Crippen molar-refractivity contribution in [2.75, 3.05) is 6.54 Å². The van der Waals surface area contributed by atoms with Crippen molar-refractivity contribution >= 4 is 27.3 Å². The highest BCUT2D eigenvalue weighted by molar-refractivity contribution is 9.11. The lowest BCUT2D eigenvalue weighted by molar-refractivity contribution is 0.533. The van der Waals surface area contributed by atoms with E-state index in [-0.39, 0.29) is 0 Å². The normalized spacial score (nSPS) is 12.7. The van der Waals surface area contributed by atoms with E-state index in [2.05, 4.69) is 46.9 Å². The van der Waals surface area contributed by atoms with Crippen LogP contribution in [0.1, 0.15) is 18.2 Å². The second-order valence-electron chi connectivity index (χ2n) is 3.19. The van der Waals surface area contributed by atoms with Crippen LogP contribution in [0.25, 0.3) is 0 Å². The van der Waals surface area contributed by atoms with Gasteiger partial charge in [-0.2, -0.15) is 0 Å². The van der Waals surface area contributed by atoms with Crippen molar-refractivity contribution in [3.63, 3.8) is 0 Å². The minimum atomic E-state index is 0.531. The third-order valence-electron chi connectivity index (χ3n) is 2.02. The third kappa shape index (κ3) is 3.95. The summed E-state index contributed by atoms with van der Waals surface area (Å²) in [5.41, 5.74) is 0. The first-order valence-electron chi connectivity index (χ1n) is 4.84.